The highest BCUT2D eigenvalue weighted by molar-refractivity contribution is 8.93. The Morgan fingerprint density at radius 1 is 0.793 bits per heavy atom. The summed E-state index contributed by atoms with van der Waals surface area (Å²) >= 11 is 0. The number of tetrazole rings is 1. The molecule has 29 heavy (non-hydrogen) atoms. The van der Waals surface area contributed by atoms with Gasteiger partial charge in [-0.15, -0.1) is 36.4 Å². The lowest BCUT2D eigenvalue weighted by Crippen LogP contribution is -2.29. The van der Waals surface area contributed by atoms with Crippen molar-refractivity contribution in [3.8, 4) is 0 Å². The Bertz CT molecular complexity index is 940. The molecule has 0 aliphatic heterocycles. The van der Waals surface area contributed by atoms with Crippen molar-refractivity contribution in [3.63, 3.8) is 0 Å². The van der Waals surface area contributed by atoms with Crippen LogP contribution in [0, 0.1) is 0 Å². The van der Waals surface area contributed by atoms with Crippen LogP contribution < -0.4 is 0 Å². The Labute approximate surface area is 184 Å². The third kappa shape index (κ3) is 4.63. The van der Waals surface area contributed by atoms with Gasteiger partial charge in [0, 0.05) is 17.5 Å². The highest BCUT2D eigenvalue weighted by Gasteiger charge is 2.38. The first-order valence-corrected chi connectivity index (χ1v) is 10.0. The summed E-state index contributed by atoms with van der Waals surface area (Å²) in [4.78, 5) is 0. The van der Waals surface area contributed by atoms with Crippen LogP contribution in [0.1, 0.15) is 34.9 Å². The monoisotopic (exact) mass is 466 g/mol. The maximum Gasteiger partial charge on any atom is 0.174 e. The highest BCUT2D eigenvalue weighted by atomic mass is 79.9. The SMILES string of the molecule is Br.PC(c1ccccc1)(c1ccccc1)C(CCc1nn[nH]n1)c1ccccc1. The summed E-state index contributed by atoms with van der Waals surface area (Å²) < 4.78 is 0. The molecular weight excluding hydrogens is 443 g/mol. The Balaban J connectivity index is 0.00000240. The quantitative estimate of drug-likeness (QED) is 0.375. The molecule has 1 heterocycles. The number of benzene rings is 3. The molecule has 4 rings (SSSR count). The molecule has 148 valence electrons. The van der Waals surface area contributed by atoms with Gasteiger partial charge in [0.05, 0.1) is 0 Å². The van der Waals surface area contributed by atoms with Crippen LogP contribution in [0.4, 0.5) is 0 Å². The molecule has 4 nitrogen and oxygen atoms in total. The summed E-state index contributed by atoms with van der Waals surface area (Å²) in [6.45, 7) is 0. The molecule has 2 unspecified atom stereocenters. The predicted octanol–water partition coefficient (Wildman–Crippen LogP) is 5.31. The van der Waals surface area contributed by atoms with E-state index in [1.165, 1.54) is 16.7 Å². The summed E-state index contributed by atoms with van der Waals surface area (Å²) in [5, 5.41) is 14.3. The van der Waals surface area contributed by atoms with Gasteiger partial charge in [-0.25, -0.2) is 0 Å². The van der Waals surface area contributed by atoms with Crippen LogP contribution in [-0.4, -0.2) is 20.6 Å². The summed E-state index contributed by atoms with van der Waals surface area (Å²) in [5.41, 5.74) is 3.84. The van der Waals surface area contributed by atoms with Crippen molar-refractivity contribution < 1.29 is 0 Å². The third-order valence-electron chi connectivity index (χ3n) is 5.30. The van der Waals surface area contributed by atoms with Gasteiger partial charge < -0.3 is 0 Å². The van der Waals surface area contributed by atoms with E-state index in [1.54, 1.807) is 0 Å². The molecule has 2 atom stereocenters. The lowest BCUT2D eigenvalue weighted by Gasteiger charge is -2.39. The number of hydrogen-bond acceptors (Lipinski definition) is 3. The average molecular weight is 467 g/mol. The van der Waals surface area contributed by atoms with Crippen LogP contribution in [0.3, 0.4) is 0 Å². The second-order valence-electron chi connectivity index (χ2n) is 6.93. The first-order valence-electron chi connectivity index (χ1n) is 9.45. The Kier molecular flexibility index (Phi) is 7.29. The number of aromatic amines is 1. The van der Waals surface area contributed by atoms with E-state index in [1.807, 2.05) is 0 Å². The Morgan fingerprint density at radius 3 is 1.79 bits per heavy atom. The maximum atomic E-state index is 4.16. The number of hydrogen-bond donors (Lipinski definition) is 1. The number of nitrogens with zero attached hydrogens (tertiary/aromatic N) is 3. The van der Waals surface area contributed by atoms with E-state index in [0.717, 1.165) is 18.7 Å². The first-order chi connectivity index (χ1) is 13.8. The summed E-state index contributed by atoms with van der Waals surface area (Å²) in [5.74, 6) is 0.969. The van der Waals surface area contributed by atoms with Crippen molar-refractivity contribution in [1.29, 1.82) is 0 Å². The minimum atomic E-state index is -0.270. The van der Waals surface area contributed by atoms with Crippen molar-refractivity contribution in [1.82, 2.24) is 20.6 Å². The van der Waals surface area contributed by atoms with Gasteiger partial charge in [-0.3, -0.25) is 0 Å². The summed E-state index contributed by atoms with van der Waals surface area (Å²) in [7, 11) is 3.18. The van der Waals surface area contributed by atoms with Crippen LogP contribution in [-0.2, 0) is 11.6 Å². The topological polar surface area (TPSA) is 54.5 Å². The maximum absolute atomic E-state index is 4.16. The van der Waals surface area contributed by atoms with Crippen molar-refractivity contribution >= 4 is 26.2 Å². The van der Waals surface area contributed by atoms with Crippen LogP contribution >= 0.6 is 26.2 Å². The number of halogens is 1. The number of H-pyrrole nitrogens is 1. The molecule has 4 aromatic rings. The second kappa shape index (κ2) is 9.91. The summed E-state index contributed by atoms with van der Waals surface area (Å²) in [6, 6.07) is 32.1. The molecule has 0 saturated heterocycles. The molecule has 0 bridgehead atoms. The zero-order valence-electron chi connectivity index (χ0n) is 16.0. The molecule has 0 spiro atoms. The normalized spacial score (nSPS) is 12.2. The number of nitrogens with one attached hydrogen (secondary N) is 1. The fourth-order valence-corrected chi connectivity index (χ4v) is 4.65. The smallest absolute Gasteiger partial charge is 0.174 e. The van der Waals surface area contributed by atoms with Crippen molar-refractivity contribution in [3.05, 3.63) is 114 Å². The largest absolute Gasteiger partial charge is 0.177 e. The molecule has 0 aliphatic carbocycles. The minimum Gasteiger partial charge on any atom is -0.177 e. The van der Waals surface area contributed by atoms with E-state index in [4.69, 9.17) is 0 Å². The average Bonchev–Trinajstić information content (AvgIpc) is 3.29. The summed E-state index contributed by atoms with van der Waals surface area (Å²) in [6.07, 6.45) is 1.66. The predicted molar refractivity (Wildman–Crippen MR) is 125 cm³/mol. The van der Waals surface area contributed by atoms with Gasteiger partial charge in [0.25, 0.3) is 0 Å². The Morgan fingerprint density at radius 2 is 1.31 bits per heavy atom. The van der Waals surface area contributed by atoms with Crippen molar-refractivity contribution in [2.75, 3.05) is 0 Å². The number of aryl methyl sites for hydroxylation is 1. The zero-order chi connectivity index (χ0) is 19.2. The molecule has 0 amide bonds. The third-order valence-corrected chi connectivity index (χ3v) is 6.37. The molecule has 0 saturated carbocycles. The van der Waals surface area contributed by atoms with E-state index < -0.39 is 0 Å². The molecule has 1 aromatic heterocycles. The molecule has 3 aromatic carbocycles. The fraction of sp³-hybridized carbons (Fsp3) is 0.174. The Hall–Kier alpha value is -2.36. The lowest BCUT2D eigenvalue weighted by atomic mass is 9.74. The van der Waals surface area contributed by atoms with Gasteiger partial charge in [0.2, 0.25) is 0 Å². The molecule has 0 aliphatic rings. The van der Waals surface area contributed by atoms with E-state index in [-0.39, 0.29) is 28.1 Å². The van der Waals surface area contributed by atoms with Gasteiger partial charge in [0.15, 0.2) is 5.82 Å². The van der Waals surface area contributed by atoms with Gasteiger partial charge in [0.1, 0.15) is 0 Å². The lowest BCUT2D eigenvalue weighted by molar-refractivity contribution is 0.513. The molecule has 1 N–H and O–H groups in total. The van der Waals surface area contributed by atoms with Gasteiger partial charge in [-0.2, -0.15) is 5.21 Å². The molecule has 0 fully saturated rings. The molecule has 0 radical (unpaired) electrons. The number of rotatable bonds is 7. The van der Waals surface area contributed by atoms with Crippen molar-refractivity contribution in [2.45, 2.75) is 23.9 Å². The van der Waals surface area contributed by atoms with E-state index in [2.05, 4.69) is 121 Å². The molecular formula is C23H24BrN4P. The van der Waals surface area contributed by atoms with E-state index in [0.29, 0.717) is 0 Å². The minimum absolute atomic E-state index is 0. The van der Waals surface area contributed by atoms with Gasteiger partial charge >= 0.3 is 0 Å². The van der Waals surface area contributed by atoms with Crippen LogP contribution in [0.5, 0.6) is 0 Å². The highest BCUT2D eigenvalue weighted by Crippen LogP contribution is 2.51. The molecule has 6 heteroatoms. The first kappa shape index (κ1) is 21.4. The van der Waals surface area contributed by atoms with Gasteiger partial charge in [-0.1, -0.05) is 96.2 Å². The van der Waals surface area contributed by atoms with Crippen LogP contribution in [0.25, 0.3) is 0 Å². The van der Waals surface area contributed by atoms with Gasteiger partial charge in [-0.05, 0) is 23.1 Å². The van der Waals surface area contributed by atoms with E-state index in [9.17, 15) is 0 Å². The second-order valence-corrected chi connectivity index (χ2v) is 7.84. The zero-order valence-corrected chi connectivity index (χ0v) is 18.8. The van der Waals surface area contributed by atoms with Crippen LogP contribution in [0.2, 0.25) is 0 Å². The van der Waals surface area contributed by atoms with Crippen LogP contribution in [0.15, 0.2) is 91.0 Å². The standard InChI is InChI=1S/C23H23N4P.BrH/c28-23(19-12-6-2-7-13-19,20-14-8-3-9-15-20)21(18-10-4-1-5-11-18)16-17-22-24-26-27-25-22;/h1-15,21H,16-17,28H2,(H,24,25,26,27);1H. The fourth-order valence-electron chi connectivity index (χ4n) is 3.90. The number of aromatic nitrogens is 4. The van der Waals surface area contributed by atoms with Crippen molar-refractivity contribution in [2.24, 2.45) is 0 Å². The van der Waals surface area contributed by atoms with E-state index >= 15 is 0 Å².